The first kappa shape index (κ1) is 13.4. The molecule has 0 radical (unpaired) electrons. The summed E-state index contributed by atoms with van der Waals surface area (Å²) in [5, 5.41) is 7.42. The lowest BCUT2D eigenvalue weighted by Crippen LogP contribution is -2.52. The zero-order valence-corrected chi connectivity index (χ0v) is 12.2. The Hall–Kier alpha value is -1.01. The van der Waals surface area contributed by atoms with Gasteiger partial charge in [0.2, 0.25) is 0 Å². The van der Waals surface area contributed by atoms with Gasteiger partial charge in [0.05, 0.1) is 5.69 Å². The largest absolute Gasteiger partial charge is 0.333 e. The lowest BCUT2D eigenvalue weighted by atomic mass is 9.91. The molecule has 6 heteroatoms. The van der Waals surface area contributed by atoms with Crippen LogP contribution in [0.2, 0.25) is 0 Å². The Labute approximate surface area is 112 Å². The van der Waals surface area contributed by atoms with Crippen molar-refractivity contribution in [3.05, 3.63) is 10.6 Å². The van der Waals surface area contributed by atoms with Gasteiger partial charge in [-0.15, -0.1) is 5.10 Å². The van der Waals surface area contributed by atoms with Crippen molar-refractivity contribution in [3.63, 3.8) is 0 Å². The number of piperazine rings is 1. The number of hydrogen-bond acceptors (Lipinski definition) is 5. The number of hydrogen-bond donors (Lipinski definition) is 1. The van der Waals surface area contributed by atoms with E-state index in [4.69, 9.17) is 0 Å². The van der Waals surface area contributed by atoms with E-state index in [9.17, 15) is 4.79 Å². The molecule has 0 spiro atoms. The van der Waals surface area contributed by atoms with E-state index in [0.717, 1.165) is 25.3 Å². The Morgan fingerprint density at radius 1 is 1.50 bits per heavy atom. The van der Waals surface area contributed by atoms with Crippen LogP contribution in [0.25, 0.3) is 0 Å². The monoisotopic (exact) mass is 268 g/mol. The Morgan fingerprint density at radius 2 is 2.22 bits per heavy atom. The summed E-state index contributed by atoms with van der Waals surface area (Å²) in [6.45, 7) is 10.7. The van der Waals surface area contributed by atoms with E-state index >= 15 is 0 Å². The van der Waals surface area contributed by atoms with Crippen molar-refractivity contribution in [1.82, 2.24) is 19.8 Å². The zero-order valence-electron chi connectivity index (χ0n) is 11.4. The second-order valence-electron chi connectivity index (χ2n) is 5.75. The third kappa shape index (κ3) is 2.54. The van der Waals surface area contributed by atoms with Crippen LogP contribution >= 0.6 is 11.5 Å². The highest BCUT2D eigenvalue weighted by molar-refractivity contribution is 7.08. The second-order valence-corrected chi connectivity index (χ2v) is 6.51. The molecule has 1 amide bonds. The molecule has 1 atom stereocenters. The molecule has 2 rings (SSSR count). The molecule has 5 nitrogen and oxygen atoms in total. The number of rotatable bonds is 1. The zero-order chi connectivity index (χ0) is 13.3. The highest BCUT2D eigenvalue weighted by Crippen LogP contribution is 2.27. The van der Waals surface area contributed by atoms with Crippen molar-refractivity contribution < 1.29 is 4.79 Å². The van der Waals surface area contributed by atoms with Gasteiger partial charge in [0.25, 0.3) is 5.91 Å². The minimum atomic E-state index is -0.144. The summed E-state index contributed by atoms with van der Waals surface area (Å²) < 4.78 is 3.96. The van der Waals surface area contributed by atoms with Crippen LogP contribution < -0.4 is 5.32 Å². The third-order valence-electron chi connectivity index (χ3n) is 3.15. The smallest absolute Gasteiger partial charge is 0.267 e. The average molecular weight is 268 g/mol. The predicted octanol–water partition coefficient (Wildman–Crippen LogP) is 1.27. The van der Waals surface area contributed by atoms with Crippen LogP contribution in [0.5, 0.6) is 0 Å². The van der Waals surface area contributed by atoms with Crippen LogP contribution in [0.4, 0.5) is 0 Å². The SMILES string of the molecule is C[C@H]1CNCCN1C(=O)c1snnc1C(C)(C)C. The first-order chi connectivity index (χ1) is 8.41. The van der Waals surface area contributed by atoms with E-state index in [1.54, 1.807) is 0 Å². The van der Waals surface area contributed by atoms with Crippen molar-refractivity contribution in [2.45, 2.75) is 39.2 Å². The third-order valence-corrected chi connectivity index (χ3v) is 3.87. The Morgan fingerprint density at radius 3 is 2.83 bits per heavy atom. The van der Waals surface area contributed by atoms with E-state index < -0.39 is 0 Å². The number of carbonyl (C=O) groups excluding carboxylic acids is 1. The summed E-state index contributed by atoms with van der Waals surface area (Å²) in [4.78, 5) is 15.2. The summed E-state index contributed by atoms with van der Waals surface area (Å²) in [6, 6.07) is 0.223. The molecule has 0 aromatic carbocycles. The maximum Gasteiger partial charge on any atom is 0.267 e. The standard InChI is InChI=1S/C12H20N4OS/c1-8-7-13-5-6-16(8)11(17)9-10(12(2,3)4)14-15-18-9/h8,13H,5-7H2,1-4H3/t8-/m0/s1. The van der Waals surface area contributed by atoms with Gasteiger partial charge in [-0.3, -0.25) is 4.79 Å². The predicted molar refractivity (Wildman–Crippen MR) is 72.0 cm³/mol. The van der Waals surface area contributed by atoms with E-state index in [-0.39, 0.29) is 17.4 Å². The first-order valence-electron chi connectivity index (χ1n) is 6.26. The number of aromatic nitrogens is 2. The molecule has 2 heterocycles. The summed E-state index contributed by atoms with van der Waals surface area (Å²) in [5.74, 6) is 0.0731. The van der Waals surface area contributed by atoms with Gasteiger partial charge in [-0.25, -0.2) is 0 Å². The lowest BCUT2D eigenvalue weighted by Gasteiger charge is -2.34. The van der Waals surface area contributed by atoms with Crippen molar-refractivity contribution in [3.8, 4) is 0 Å². The maximum atomic E-state index is 12.6. The lowest BCUT2D eigenvalue weighted by molar-refractivity contribution is 0.0658. The fraction of sp³-hybridized carbons (Fsp3) is 0.750. The van der Waals surface area contributed by atoms with Crippen molar-refractivity contribution in [1.29, 1.82) is 0 Å². The number of amides is 1. The number of nitrogens with zero attached hydrogens (tertiary/aromatic N) is 3. The summed E-state index contributed by atoms with van der Waals surface area (Å²) in [5.41, 5.74) is 0.665. The molecule has 100 valence electrons. The van der Waals surface area contributed by atoms with Gasteiger partial charge in [-0.2, -0.15) is 0 Å². The molecular weight excluding hydrogens is 248 g/mol. The van der Waals surface area contributed by atoms with Gasteiger partial charge in [-0.05, 0) is 18.5 Å². The van der Waals surface area contributed by atoms with Gasteiger partial charge >= 0.3 is 0 Å². The molecule has 0 bridgehead atoms. The van der Waals surface area contributed by atoms with Crippen LogP contribution in [-0.2, 0) is 5.41 Å². The van der Waals surface area contributed by atoms with Crippen molar-refractivity contribution in [2.24, 2.45) is 0 Å². The van der Waals surface area contributed by atoms with Crippen LogP contribution in [0, 0.1) is 0 Å². The Kier molecular flexibility index (Phi) is 3.68. The molecule has 1 aliphatic rings. The van der Waals surface area contributed by atoms with Gasteiger partial charge in [0.15, 0.2) is 0 Å². The molecule has 0 saturated carbocycles. The molecule has 18 heavy (non-hydrogen) atoms. The fourth-order valence-corrected chi connectivity index (χ4v) is 2.93. The van der Waals surface area contributed by atoms with Gasteiger partial charge < -0.3 is 10.2 Å². The molecule has 1 saturated heterocycles. The molecular formula is C12H20N4OS. The normalized spacial score (nSPS) is 21.1. The summed E-state index contributed by atoms with van der Waals surface area (Å²) in [6.07, 6.45) is 0. The molecule has 1 aromatic heterocycles. The topological polar surface area (TPSA) is 58.1 Å². The molecule has 1 N–H and O–H groups in total. The molecule has 1 aliphatic heterocycles. The Balaban J connectivity index is 2.26. The van der Waals surface area contributed by atoms with Crippen LogP contribution in [0.1, 0.15) is 43.1 Å². The molecule has 1 aromatic rings. The molecule has 0 unspecified atom stereocenters. The number of nitrogens with one attached hydrogen (secondary N) is 1. The minimum Gasteiger partial charge on any atom is -0.333 e. The van der Waals surface area contributed by atoms with Crippen LogP contribution in [-0.4, -0.2) is 46.1 Å². The summed E-state index contributed by atoms with van der Waals surface area (Å²) >= 11 is 1.21. The summed E-state index contributed by atoms with van der Waals surface area (Å²) in [7, 11) is 0. The van der Waals surface area contributed by atoms with E-state index in [1.165, 1.54) is 11.5 Å². The Bertz CT molecular complexity index is 438. The van der Waals surface area contributed by atoms with Crippen LogP contribution in [0.3, 0.4) is 0 Å². The second kappa shape index (κ2) is 4.93. The highest BCUT2D eigenvalue weighted by Gasteiger charge is 2.31. The number of carbonyl (C=O) groups is 1. The van der Waals surface area contributed by atoms with Gasteiger partial charge in [0.1, 0.15) is 4.88 Å². The van der Waals surface area contributed by atoms with E-state index in [0.29, 0.717) is 4.88 Å². The van der Waals surface area contributed by atoms with Crippen molar-refractivity contribution >= 4 is 17.4 Å². The minimum absolute atomic E-state index is 0.0731. The van der Waals surface area contributed by atoms with Gasteiger partial charge in [0, 0.05) is 31.1 Å². The van der Waals surface area contributed by atoms with Crippen LogP contribution in [0.15, 0.2) is 0 Å². The quantitative estimate of drug-likeness (QED) is 0.833. The fourth-order valence-electron chi connectivity index (χ4n) is 2.09. The van der Waals surface area contributed by atoms with E-state index in [2.05, 4.69) is 42.6 Å². The molecule has 0 aliphatic carbocycles. The van der Waals surface area contributed by atoms with Crippen molar-refractivity contribution in [2.75, 3.05) is 19.6 Å². The van der Waals surface area contributed by atoms with Gasteiger partial charge in [-0.1, -0.05) is 25.3 Å². The highest BCUT2D eigenvalue weighted by atomic mass is 32.1. The molecule has 1 fully saturated rings. The average Bonchev–Trinajstić information content (AvgIpc) is 2.77. The maximum absolute atomic E-state index is 12.6. The van der Waals surface area contributed by atoms with E-state index in [1.807, 2.05) is 4.90 Å². The first-order valence-corrected chi connectivity index (χ1v) is 7.03.